The van der Waals surface area contributed by atoms with Crippen molar-refractivity contribution >= 4 is 11.8 Å². The van der Waals surface area contributed by atoms with Crippen molar-refractivity contribution in [3.8, 4) is 0 Å². The first kappa shape index (κ1) is 23.3. The summed E-state index contributed by atoms with van der Waals surface area (Å²) in [7, 11) is 1.40. The summed E-state index contributed by atoms with van der Waals surface area (Å²) in [6.07, 6.45) is 22.7. The Labute approximate surface area is 175 Å². The van der Waals surface area contributed by atoms with Gasteiger partial charge < -0.3 is 9.84 Å². The molecular weight excluding hydrogens is 364 g/mol. The van der Waals surface area contributed by atoms with Crippen LogP contribution < -0.4 is 0 Å². The van der Waals surface area contributed by atoms with Crippen LogP contribution in [0.15, 0.2) is 48.1 Å². The summed E-state index contributed by atoms with van der Waals surface area (Å²) in [5.41, 5.74) is 0.454. The molecule has 0 saturated heterocycles. The summed E-state index contributed by atoms with van der Waals surface area (Å²) in [4.78, 5) is 23.3. The fourth-order valence-electron chi connectivity index (χ4n) is 4.04. The molecule has 0 spiro atoms. The van der Waals surface area contributed by atoms with Crippen molar-refractivity contribution < 1.29 is 19.4 Å². The van der Waals surface area contributed by atoms with Gasteiger partial charge in [-0.05, 0) is 64.2 Å². The van der Waals surface area contributed by atoms with Gasteiger partial charge in [0.2, 0.25) is 0 Å². The molecule has 4 heteroatoms. The van der Waals surface area contributed by atoms with Gasteiger partial charge in [0.15, 0.2) is 0 Å². The summed E-state index contributed by atoms with van der Waals surface area (Å²) in [6.45, 7) is 1.83. The molecule has 0 aliphatic heterocycles. The number of aliphatic hydroxyl groups is 1. The quantitative estimate of drug-likeness (QED) is 0.381. The molecule has 1 fully saturated rings. The minimum Gasteiger partial charge on any atom is -0.469 e. The molecule has 2 aliphatic carbocycles. The van der Waals surface area contributed by atoms with Gasteiger partial charge in [0.1, 0.15) is 5.78 Å². The standard InChI is InChI=1S/C25H36O4/c1-25(28,19-17-20-10-7-8-11-20)18-9-12-21-15-16-23(26)22(21)13-5-3-4-6-14-24(27)29-2/h3-4,9-10,12,17,19,21-22,28H,5-8,11,13-16,18H2,1-2H3/b4-3-,12-9+,19-17+/t21?,22-,25?/m1/s1. The van der Waals surface area contributed by atoms with Gasteiger partial charge in [-0.3, -0.25) is 9.59 Å². The molecule has 160 valence electrons. The van der Waals surface area contributed by atoms with Crippen LogP contribution in [-0.2, 0) is 14.3 Å². The van der Waals surface area contributed by atoms with E-state index in [1.54, 1.807) is 0 Å². The molecule has 2 rings (SSSR count). The number of carbonyl (C=O) groups is 2. The maximum Gasteiger partial charge on any atom is 0.305 e. The molecule has 0 heterocycles. The summed E-state index contributed by atoms with van der Waals surface area (Å²) >= 11 is 0. The van der Waals surface area contributed by atoms with Gasteiger partial charge in [0.25, 0.3) is 0 Å². The van der Waals surface area contributed by atoms with Crippen LogP contribution >= 0.6 is 0 Å². The smallest absolute Gasteiger partial charge is 0.305 e. The maximum atomic E-state index is 12.3. The van der Waals surface area contributed by atoms with Crippen molar-refractivity contribution in [2.75, 3.05) is 7.11 Å². The minimum atomic E-state index is -0.861. The number of esters is 1. The van der Waals surface area contributed by atoms with Gasteiger partial charge >= 0.3 is 5.97 Å². The molecule has 0 amide bonds. The van der Waals surface area contributed by atoms with Crippen LogP contribution in [0.2, 0.25) is 0 Å². The molecule has 29 heavy (non-hydrogen) atoms. The molecule has 2 unspecified atom stereocenters. The zero-order valence-electron chi connectivity index (χ0n) is 17.9. The van der Waals surface area contributed by atoms with Crippen LogP contribution in [-0.4, -0.2) is 29.6 Å². The first-order valence-electron chi connectivity index (χ1n) is 10.9. The molecule has 3 atom stereocenters. The van der Waals surface area contributed by atoms with Crippen LogP contribution in [0.5, 0.6) is 0 Å². The second-order valence-corrected chi connectivity index (χ2v) is 8.43. The Balaban J connectivity index is 1.77. The van der Waals surface area contributed by atoms with Gasteiger partial charge in [0, 0.05) is 18.8 Å². The fraction of sp³-hybridized carbons (Fsp3) is 0.600. The predicted molar refractivity (Wildman–Crippen MR) is 116 cm³/mol. The lowest BCUT2D eigenvalue weighted by Gasteiger charge is -2.18. The van der Waals surface area contributed by atoms with E-state index in [1.165, 1.54) is 19.1 Å². The van der Waals surface area contributed by atoms with Crippen LogP contribution in [0.25, 0.3) is 0 Å². The summed E-state index contributed by atoms with van der Waals surface area (Å²) in [5.74, 6) is 0.489. The van der Waals surface area contributed by atoms with Crippen LogP contribution in [0.1, 0.15) is 71.1 Å². The lowest BCUT2D eigenvalue weighted by atomic mass is 9.89. The fourth-order valence-corrected chi connectivity index (χ4v) is 4.04. The van der Waals surface area contributed by atoms with Crippen LogP contribution in [0.3, 0.4) is 0 Å². The molecule has 0 aromatic carbocycles. The highest BCUT2D eigenvalue weighted by molar-refractivity contribution is 5.83. The van der Waals surface area contributed by atoms with Gasteiger partial charge in [-0.2, -0.15) is 0 Å². The summed E-state index contributed by atoms with van der Waals surface area (Å²) < 4.78 is 4.62. The first-order valence-corrected chi connectivity index (χ1v) is 10.9. The first-order chi connectivity index (χ1) is 13.9. The lowest BCUT2D eigenvalue weighted by Crippen LogP contribution is -2.19. The zero-order valence-corrected chi connectivity index (χ0v) is 17.9. The van der Waals surface area contributed by atoms with E-state index in [2.05, 4.69) is 29.0 Å². The molecule has 2 aliphatic rings. The number of ketones is 1. The highest BCUT2D eigenvalue weighted by atomic mass is 16.5. The van der Waals surface area contributed by atoms with E-state index in [0.717, 1.165) is 32.1 Å². The van der Waals surface area contributed by atoms with E-state index in [4.69, 9.17) is 0 Å². The normalized spacial score (nSPS) is 24.7. The number of allylic oxidation sites excluding steroid dienone is 6. The van der Waals surface area contributed by atoms with E-state index < -0.39 is 5.60 Å². The molecule has 1 N–H and O–H groups in total. The third-order valence-electron chi connectivity index (χ3n) is 5.86. The third-order valence-corrected chi connectivity index (χ3v) is 5.86. The van der Waals surface area contributed by atoms with E-state index in [-0.39, 0.29) is 17.8 Å². The molecule has 0 aromatic heterocycles. The minimum absolute atomic E-state index is 0.0700. The van der Waals surface area contributed by atoms with Gasteiger partial charge in [-0.1, -0.05) is 48.1 Å². The Kier molecular flexibility index (Phi) is 9.59. The highest BCUT2D eigenvalue weighted by Gasteiger charge is 2.32. The average Bonchev–Trinajstić information content (AvgIpc) is 3.33. The Morgan fingerprint density at radius 2 is 2.07 bits per heavy atom. The number of rotatable bonds is 11. The number of hydrogen-bond donors (Lipinski definition) is 1. The predicted octanol–water partition coefficient (Wildman–Crippen LogP) is 5.24. The Morgan fingerprint density at radius 3 is 2.79 bits per heavy atom. The van der Waals surface area contributed by atoms with E-state index in [1.807, 2.05) is 25.2 Å². The molecule has 0 bridgehead atoms. The number of Topliss-reactive ketones (excluding diaryl/α,β-unsaturated/α-hetero) is 1. The van der Waals surface area contributed by atoms with Crippen molar-refractivity contribution in [2.24, 2.45) is 11.8 Å². The molecule has 0 radical (unpaired) electrons. The third kappa shape index (κ3) is 8.53. The van der Waals surface area contributed by atoms with Crippen molar-refractivity contribution in [3.05, 3.63) is 48.1 Å². The van der Waals surface area contributed by atoms with E-state index in [0.29, 0.717) is 31.5 Å². The summed E-state index contributed by atoms with van der Waals surface area (Å²) in [5, 5.41) is 10.6. The van der Waals surface area contributed by atoms with E-state index >= 15 is 0 Å². The average molecular weight is 401 g/mol. The maximum absolute atomic E-state index is 12.3. The van der Waals surface area contributed by atoms with Crippen molar-refractivity contribution in [1.29, 1.82) is 0 Å². The van der Waals surface area contributed by atoms with E-state index in [9.17, 15) is 14.7 Å². The van der Waals surface area contributed by atoms with Crippen LogP contribution in [0.4, 0.5) is 0 Å². The molecule has 1 saturated carbocycles. The highest BCUT2D eigenvalue weighted by Crippen LogP contribution is 2.33. The lowest BCUT2D eigenvalue weighted by molar-refractivity contribution is -0.140. The number of carbonyl (C=O) groups excluding carboxylic acids is 2. The second kappa shape index (κ2) is 11.9. The Hall–Kier alpha value is -1.94. The number of methoxy groups -OCH3 is 1. The summed E-state index contributed by atoms with van der Waals surface area (Å²) in [6, 6.07) is 0. The topological polar surface area (TPSA) is 63.6 Å². The second-order valence-electron chi connectivity index (χ2n) is 8.43. The van der Waals surface area contributed by atoms with Crippen molar-refractivity contribution in [3.63, 3.8) is 0 Å². The molecule has 4 nitrogen and oxygen atoms in total. The van der Waals surface area contributed by atoms with Gasteiger partial charge in [0.05, 0.1) is 12.7 Å². The Morgan fingerprint density at radius 1 is 1.28 bits per heavy atom. The largest absolute Gasteiger partial charge is 0.469 e. The van der Waals surface area contributed by atoms with Gasteiger partial charge in [-0.15, -0.1) is 0 Å². The van der Waals surface area contributed by atoms with Crippen molar-refractivity contribution in [2.45, 2.75) is 76.7 Å². The molecule has 0 aromatic rings. The van der Waals surface area contributed by atoms with Crippen molar-refractivity contribution in [1.82, 2.24) is 0 Å². The monoisotopic (exact) mass is 400 g/mol. The SMILES string of the molecule is COC(=O)CC/C=C\CC[C@H]1C(=O)CCC1/C=C/CC(C)(O)/C=C/C1=CCCC1. The number of hydrogen-bond acceptors (Lipinski definition) is 4. The zero-order chi connectivity index (χ0) is 21.1. The Bertz CT molecular complexity index is 666. The van der Waals surface area contributed by atoms with Crippen LogP contribution in [0, 0.1) is 11.8 Å². The number of ether oxygens (including phenoxy) is 1. The molecular formula is C25H36O4. The van der Waals surface area contributed by atoms with Gasteiger partial charge in [-0.25, -0.2) is 0 Å².